The summed E-state index contributed by atoms with van der Waals surface area (Å²) in [4.78, 5) is 0. The van der Waals surface area contributed by atoms with E-state index in [-0.39, 0.29) is 0 Å². The third-order valence-corrected chi connectivity index (χ3v) is 4.47. The molecule has 1 fully saturated rings. The summed E-state index contributed by atoms with van der Waals surface area (Å²) in [6, 6.07) is 2.31. The number of ether oxygens (including phenoxy) is 1. The highest BCUT2D eigenvalue weighted by Crippen LogP contribution is 2.23. The topological polar surface area (TPSA) is 26.2 Å². The van der Waals surface area contributed by atoms with E-state index in [9.17, 15) is 0 Å². The lowest BCUT2D eigenvalue weighted by Crippen LogP contribution is -2.28. The van der Waals surface area contributed by atoms with Gasteiger partial charge in [-0.1, -0.05) is 6.92 Å². The molecule has 2 rings (SSSR count). The van der Waals surface area contributed by atoms with Gasteiger partial charge in [0.05, 0.1) is 6.10 Å². The van der Waals surface area contributed by atoms with Crippen LogP contribution >= 0.6 is 0 Å². The van der Waals surface area contributed by atoms with Gasteiger partial charge in [-0.05, 0) is 51.2 Å². The van der Waals surface area contributed by atoms with Crippen LogP contribution in [0.2, 0.25) is 0 Å². The van der Waals surface area contributed by atoms with E-state index >= 15 is 0 Å². The number of nitrogens with zero attached hydrogens (tertiary/aromatic N) is 1. The molecular weight excluding hydrogens is 236 g/mol. The molecule has 0 aliphatic carbocycles. The monoisotopic (exact) mass is 264 g/mol. The second kappa shape index (κ2) is 6.58. The number of hydrogen-bond acceptors (Lipinski definition) is 2. The maximum Gasteiger partial charge on any atom is 0.0613 e. The summed E-state index contributed by atoms with van der Waals surface area (Å²) < 4.78 is 8.12. The van der Waals surface area contributed by atoms with Crippen LogP contribution in [0.1, 0.15) is 43.6 Å². The van der Waals surface area contributed by atoms with Gasteiger partial charge in [-0.15, -0.1) is 0 Å². The highest BCUT2D eigenvalue weighted by atomic mass is 16.5. The second-order valence-corrected chi connectivity index (χ2v) is 5.64. The summed E-state index contributed by atoms with van der Waals surface area (Å²) in [6.07, 6.45) is 2.81. The zero-order valence-electron chi connectivity index (χ0n) is 12.8. The van der Waals surface area contributed by atoms with Crippen molar-refractivity contribution in [1.82, 2.24) is 9.88 Å². The molecule has 0 bridgehead atoms. The summed E-state index contributed by atoms with van der Waals surface area (Å²) >= 11 is 0. The van der Waals surface area contributed by atoms with E-state index in [1.165, 1.54) is 23.4 Å². The first-order chi connectivity index (χ1) is 9.17. The first kappa shape index (κ1) is 14.6. The number of aryl methyl sites for hydroxylation is 1. The largest absolute Gasteiger partial charge is 0.378 e. The van der Waals surface area contributed by atoms with Crippen molar-refractivity contribution in [2.75, 3.05) is 13.2 Å². The van der Waals surface area contributed by atoms with E-state index in [2.05, 4.69) is 43.6 Å². The van der Waals surface area contributed by atoms with Crippen LogP contribution in [0, 0.1) is 19.8 Å². The molecule has 0 spiro atoms. The summed E-state index contributed by atoms with van der Waals surface area (Å²) in [5.41, 5.74) is 4.21. The lowest BCUT2D eigenvalue weighted by Gasteiger charge is -2.17. The van der Waals surface area contributed by atoms with Crippen molar-refractivity contribution in [3.8, 4) is 0 Å². The zero-order chi connectivity index (χ0) is 13.8. The minimum absolute atomic E-state index is 0.468. The van der Waals surface area contributed by atoms with E-state index < -0.39 is 0 Å². The van der Waals surface area contributed by atoms with Crippen molar-refractivity contribution < 1.29 is 4.74 Å². The van der Waals surface area contributed by atoms with E-state index in [0.717, 1.165) is 32.7 Å². The van der Waals surface area contributed by atoms with Gasteiger partial charge in [-0.2, -0.15) is 0 Å². The summed E-state index contributed by atoms with van der Waals surface area (Å²) in [5.74, 6) is 0.694. The minimum Gasteiger partial charge on any atom is -0.378 e. The fourth-order valence-corrected chi connectivity index (χ4v) is 3.31. The van der Waals surface area contributed by atoms with Crippen LogP contribution in [-0.4, -0.2) is 23.8 Å². The molecule has 0 saturated carbocycles. The van der Waals surface area contributed by atoms with Crippen molar-refractivity contribution in [2.45, 2.75) is 59.7 Å². The van der Waals surface area contributed by atoms with Crippen molar-refractivity contribution in [2.24, 2.45) is 5.92 Å². The predicted octanol–water partition coefficient (Wildman–Crippen LogP) is 3.03. The molecule has 0 radical (unpaired) electrons. The molecule has 2 unspecified atom stereocenters. The van der Waals surface area contributed by atoms with E-state index in [1.54, 1.807) is 0 Å². The molecule has 1 aliphatic heterocycles. The maximum absolute atomic E-state index is 5.74. The summed E-state index contributed by atoms with van der Waals surface area (Å²) in [5, 5.41) is 3.62. The van der Waals surface area contributed by atoms with Gasteiger partial charge >= 0.3 is 0 Å². The van der Waals surface area contributed by atoms with Crippen molar-refractivity contribution in [3.05, 3.63) is 23.0 Å². The molecule has 2 atom stereocenters. The van der Waals surface area contributed by atoms with Crippen molar-refractivity contribution in [1.29, 1.82) is 0 Å². The molecule has 1 aromatic rings. The van der Waals surface area contributed by atoms with Crippen molar-refractivity contribution >= 4 is 0 Å². The Morgan fingerprint density at radius 2 is 2.16 bits per heavy atom. The van der Waals surface area contributed by atoms with Gasteiger partial charge in [-0.3, -0.25) is 0 Å². The molecular formula is C16H28N2O. The highest BCUT2D eigenvalue weighted by Gasteiger charge is 2.26. The van der Waals surface area contributed by atoms with Crippen LogP contribution < -0.4 is 5.32 Å². The van der Waals surface area contributed by atoms with Gasteiger partial charge in [0.1, 0.15) is 0 Å². The predicted molar refractivity (Wildman–Crippen MR) is 79.4 cm³/mol. The van der Waals surface area contributed by atoms with Crippen LogP contribution in [0.15, 0.2) is 6.07 Å². The van der Waals surface area contributed by atoms with E-state index in [4.69, 9.17) is 4.74 Å². The fraction of sp³-hybridized carbons (Fsp3) is 0.750. The van der Waals surface area contributed by atoms with Gasteiger partial charge in [0.15, 0.2) is 0 Å². The van der Waals surface area contributed by atoms with Gasteiger partial charge in [0, 0.05) is 37.6 Å². The normalized spacial score (nSPS) is 23.2. The molecule has 108 valence electrons. The van der Waals surface area contributed by atoms with Gasteiger partial charge < -0.3 is 14.6 Å². The van der Waals surface area contributed by atoms with E-state index in [0.29, 0.717) is 12.0 Å². The highest BCUT2D eigenvalue weighted by molar-refractivity contribution is 5.26. The molecule has 19 heavy (non-hydrogen) atoms. The first-order valence-corrected chi connectivity index (χ1v) is 7.65. The Bertz CT molecular complexity index is 411. The number of aromatic nitrogens is 1. The zero-order valence-corrected chi connectivity index (χ0v) is 12.8. The van der Waals surface area contributed by atoms with Crippen molar-refractivity contribution in [3.63, 3.8) is 0 Å². The second-order valence-electron chi connectivity index (χ2n) is 5.64. The average Bonchev–Trinajstić information content (AvgIpc) is 2.95. The van der Waals surface area contributed by atoms with Crippen LogP contribution in [0.3, 0.4) is 0 Å². The molecule has 0 aromatic carbocycles. The molecule has 3 nitrogen and oxygen atoms in total. The molecule has 1 aromatic heterocycles. The Balaban J connectivity index is 1.86. The van der Waals surface area contributed by atoms with Crippen LogP contribution in [-0.2, 0) is 17.8 Å². The Labute approximate surface area is 117 Å². The summed E-state index contributed by atoms with van der Waals surface area (Å²) in [7, 11) is 0. The number of rotatable bonds is 6. The van der Waals surface area contributed by atoms with Gasteiger partial charge in [0.25, 0.3) is 0 Å². The van der Waals surface area contributed by atoms with Crippen LogP contribution in [0.5, 0.6) is 0 Å². The van der Waals surface area contributed by atoms with Gasteiger partial charge in [-0.25, -0.2) is 0 Å². The lowest BCUT2D eigenvalue weighted by molar-refractivity contribution is 0.0872. The molecule has 3 heteroatoms. The Hall–Kier alpha value is -0.800. The first-order valence-electron chi connectivity index (χ1n) is 7.65. The quantitative estimate of drug-likeness (QED) is 0.855. The van der Waals surface area contributed by atoms with E-state index in [1.807, 2.05) is 0 Å². The Morgan fingerprint density at radius 1 is 1.37 bits per heavy atom. The third-order valence-electron chi connectivity index (χ3n) is 4.47. The minimum atomic E-state index is 0.468. The fourth-order valence-electron chi connectivity index (χ4n) is 3.31. The summed E-state index contributed by atoms with van der Waals surface area (Å²) in [6.45, 7) is 12.9. The number of nitrogens with one attached hydrogen (secondary N) is 1. The molecule has 0 amide bonds. The smallest absolute Gasteiger partial charge is 0.0613 e. The molecule has 1 N–H and O–H groups in total. The number of hydrogen-bond donors (Lipinski definition) is 1. The maximum atomic E-state index is 5.74. The van der Waals surface area contributed by atoms with Crippen LogP contribution in [0.4, 0.5) is 0 Å². The average molecular weight is 264 g/mol. The molecule has 1 aliphatic rings. The Kier molecular flexibility index (Phi) is 5.06. The van der Waals surface area contributed by atoms with Gasteiger partial charge in [0.2, 0.25) is 0 Å². The Morgan fingerprint density at radius 3 is 2.79 bits per heavy atom. The standard InChI is InChI=1S/C16H28N2O/c1-5-16-14(7-8-19-16)10-17-11-15-9-12(3)18(6-2)13(15)4/h9,14,16-17H,5-8,10-11H2,1-4H3. The molecule has 2 heterocycles. The third kappa shape index (κ3) is 3.21. The van der Waals surface area contributed by atoms with Crippen LogP contribution in [0.25, 0.3) is 0 Å². The SMILES string of the molecule is CCC1OCCC1CNCc1cc(C)n(CC)c1C. The molecule has 1 saturated heterocycles. The lowest BCUT2D eigenvalue weighted by atomic mass is 9.99.